The van der Waals surface area contributed by atoms with Gasteiger partial charge in [-0.05, 0) is 40.3 Å². The van der Waals surface area contributed by atoms with E-state index in [-0.39, 0.29) is 6.42 Å². The first-order valence-electron chi connectivity index (χ1n) is 9.85. The van der Waals surface area contributed by atoms with Crippen LogP contribution in [0.2, 0.25) is 0 Å². The van der Waals surface area contributed by atoms with Gasteiger partial charge < -0.3 is 5.11 Å². The normalized spacial score (nSPS) is 15.1. The molecule has 1 aromatic heterocycles. The van der Waals surface area contributed by atoms with Crippen LogP contribution in [0.5, 0.6) is 0 Å². The Hall–Kier alpha value is -2.92. The molecule has 5 heteroatoms. The number of aryl methyl sites for hydroxylation is 1. The van der Waals surface area contributed by atoms with E-state index in [0.717, 1.165) is 38.3 Å². The predicted octanol–water partition coefficient (Wildman–Crippen LogP) is 3.49. The second-order valence-corrected chi connectivity index (χ2v) is 7.78. The largest absolute Gasteiger partial charge is 0.481 e. The third kappa shape index (κ3) is 3.22. The number of hydrogen-bond donors (Lipinski definition) is 1. The predicted molar refractivity (Wildman–Crippen MR) is 107 cm³/mol. The summed E-state index contributed by atoms with van der Waals surface area (Å²) >= 11 is 0. The molecule has 142 valence electrons. The maximum absolute atomic E-state index is 10.8. The quantitative estimate of drug-likeness (QED) is 0.582. The molecular formula is C23H23N3O2. The molecular weight excluding hydrogens is 350 g/mol. The molecule has 3 aromatic rings. The van der Waals surface area contributed by atoms with Crippen LogP contribution in [0.3, 0.4) is 0 Å². The molecule has 0 atom stereocenters. The molecule has 0 saturated carbocycles. The first-order valence-corrected chi connectivity index (χ1v) is 9.85. The van der Waals surface area contributed by atoms with Gasteiger partial charge in [-0.1, -0.05) is 42.5 Å². The van der Waals surface area contributed by atoms with E-state index in [0.29, 0.717) is 6.42 Å². The first kappa shape index (κ1) is 17.2. The lowest BCUT2D eigenvalue weighted by Gasteiger charge is -2.27. The smallest absolute Gasteiger partial charge is 0.303 e. The molecule has 2 aromatic carbocycles. The van der Waals surface area contributed by atoms with Crippen LogP contribution in [0, 0.1) is 0 Å². The average molecular weight is 373 g/mol. The standard InChI is InChI=1S/C23H23N3O2/c27-23(28)8-6-19-13-20-15-25(9-10-26(20)24-19)14-16-5-7-22-18(11-16)12-17-3-1-2-4-21(17)22/h1-5,7,11,13H,6,8-10,12,14-15H2,(H,27,28). The molecule has 0 bridgehead atoms. The van der Waals surface area contributed by atoms with Gasteiger partial charge in [-0.15, -0.1) is 0 Å². The number of aliphatic carboxylic acids is 1. The first-order chi connectivity index (χ1) is 13.7. The SMILES string of the molecule is O=C(O)CCc1cc2n(n1)CCN(Cc1ccc3c(c1)Cc1ccccc1-3)C2. The molecule has 28 heavy (non-hydrogen) atoms. The van der Waals surface area contributed by atoms with Crippen LogP contribution in [0.1, 0.15) is 34.5 Å². The summed E-state index contributed by atoms with van der Waals surface area (Å²) < 4.78 is 2.03. The second kappa shape index (κ2) is 6.91. The average Bonchev–Trinajstić information content (AvgIpc) is 3.26. The van der Waals surface area contributed by atoms with Crippen LogP contribution in [-0.4, -0.2) is 32.3 Å². The minimum absolute atomic E-state index is 0.137. The van der Waals surface area contributed by atoms with E-state index in [9.17, 15) is 4.79 Å². The zero-order valence-electron chi connectivity index (χ0n) is 15.8. The highest BCUT2D eigenvalue weighted by Crippen LogP contribution is 2.36. The highest BCUT2D eigenvalue weighted by Gasteiger charge is 2.21. The number of carboxylic acids is 1. The zero-order valence-corrected chi connectivity index (χ0v) is 15.8. The third-order valence-corrected chi connectivity index (χ3v) is 5.79. The Kier molecular flexibility index (Phi) is 4.24. The summed E-state index contributed by atoms with van der Waals surface area (Å²) in [7, 11) is 0. The number of benzene rings is 2. The molecule has 1 N–H and O–H groups in total. The van der Waals surface area contributed by atoms with Gasteiger partial charge in [0.2, 0.25) is 0 Å². The van der Waals surface area contributed by atoms with E-state index in [4.69, 9.17) is 5.11 Å². The van der Waals surface area contributed by atoms with Crippen molar-refractivity contribution in [1.29, 1.82) is 0 Å². The van der Waals surface area contributed by atoms with E-state index in [1.165, 1.54) is 33.5 Å². The van der Waals surface area contributed by atoms with Gasteiger partial charge in [-0.3, -0.25) is 14.4 Å². The zero-order chi connectivity index (χ0) is 19.1. The molecule has 2 heterocycles. The Morgan fingerprint density at radius 3 is 2.79 bits per heavy atom. The minimum Gasteiger partial charge on any atom is -0.481 e. The van der Waals surface area contributed by atoms with Gasteiger partial charge in [-0.25, -0.2) is 0 Å². The van der Waals surface area contributed by atoms with E-state index in [1.807, 2.05) is 4.68 Å². The fourth-order valence-corrected chi connectivity index (χ4v) is 4.43. The van der Waals surface area contributed by atoms with Gasteiger partial charge in [0.25, 0.3) is 0 Å². The summed E-state index contributed by atoms with van der Waals surface area (Å²) in [5.74, 6) is -0.772. The van der Waals surface area contributed by atoms with Crippen LogP contribution < -0.4 is 0 Å². The lowest BCUT2D eigenvalue weighted by atomic mass is 10.0. The Morgan fingerprint density at radius 2 is 1.89 bits per heavy atom. The van der Waals surface area contributed by atoms with E-state index in [1.54, 1.807) is 0 Å². The number of rotatable bonds is 5. The van der Waals surface area contributed by atoms with Crippen molar-refractivity contribution in [3.63, 3.8) is 0 Å². The van der Waals surface area contributed by atoms with Crippen LogP contribution in [0.4, 0.5) is 0 Å². The molecule has 5 nitrogen and oxygen atoms in total. The maximum atomic E-state index is 10.8. The lowest BCUT2D eigenvalue weighted by molar-refractivity contribution is -0.136. The summed E-state index contributed by atoms with van der Waals surface area (Å²) in [6, 6.07) is 17.6. The molecule has 0 radical (unpaired) electrons. The number of fused-ring (bicyclic) bond motifs is 4. The van der Waals surface area contributed by atoms with E-state index < -0.39 is 5.97 Å². The van der Waals surface area contributed by atoms with Gasteiger partial charge in [-0.2, -0.15) is 5.10 Å². The van der Waals surface area contributed by atoms with Crippen molar-refractivity contribution < 1.29 is 9.90 Å². The number of hydrogen-bond acceptors (Lipinski definition) is 3. The van der Waals surface area contributed by atoms with E-state index in [2.05, 4.69) is 58.5 Å². The van der Waals surface area contributed by atoms with Crippen molar-refractivity contribution in [1.82, 2.24) is 14.7 Å². The second-order valence-electron chi connectivity index (χ2n) is 7.78. The van der Waals surface area contributed by atoms with Crippen molar-refractivity contribution in [2.24, 2.45) is 0 Å². The van der Waals surface area contributed by atoms with Crippen LogP contribution in [0.15, 0.2) is 48.5 Å². The summed E-state index contributed by atoms with van der Waals surface area (Å²) in [5, 5.41) is 13.4. The molecule has 0 amide bonds. The fraction of sp³-hybridized carbons (Fsp3) is 0.304. The van der Waals surface area contributed by atoms with Gasteiger partial charge >= 0.3 is 5.97 Å². The molecule has 2 aliphatic rings. The number of carboxylic acid groups (broad SMARTS) is 1. The number of aromatic nitrogens is 2. The summed E-state index contributed by atoms with van der Waals surface area (Å²) in [6.07, 6.45) is 1.66. The fourth-order valence-electron chi connectivity index (χ4n) is 4.43. The van der Waals surface area contributed by atoms with Crippen molar-refractivity contribution in [2.75, 3.05) is 6.54 Å². The summed E-state index contributed by atoms with van der Waals surface area (Å²) in [6.45, 7) is 3.61. The van der Waals surface area contributed by atoms with Gasteiger partial charge in [0.05, 0.1) is 24.4 Å². The third-order valence-electron chi connectivity index (χ3n) is 5.79. The highest BCUT2D eigenvalue weighted by molar-refractivity contribution is 5.76. The topological polar surface area (TPSA) is 58.4 Å². The Balaban J connectivity index is 1.28. The molecule has 5 rings (SSSR count). The van der Waals surface area contributed by atoms with Crippen LogP contribution in [-0.2, 0) is 37.3 Å². The van der Waals surface area contributed by atoms with E-state index >= 15 is 0 Å². The molecule has 0 fully saturated rings. The monoisotopic (exact) mass is 373 g/mol. The van der Waals surface area contributed by atoms with Gasteiger partial charge in [0.1, 0.15) is 0 Å². The van der Waals surface area contributed by atoms with Crippen LogP contribution >= 0.6 is 0 Å². The number of carbonyl (C=O) groups is 1. The van der Waals surface area contributed by atoms with Crippen molar-refractivity contribution in [2.45, 2.75) is 38.9 Å². The van der Waals surface area contributed by atoms with Crippen LogP contribution in [0.25, 0.3) is 11.1 Å². The molecule has 0 saturated heterocycles. The molecule has 1 aliphatic carbocycles. The Bertz CT molecular complexity index is 1050. The summed E-state index contributed by atoms with van der Waals surface area (Å²) in [4.78, 5) is 13.2. The van der Waals surface area contributed by atoms with Crippen molar-refractivity contribution in [3.8, 4) is 11.1 Å². The van der Waals surface area contributed by atoms with Crippen molar-refractivity contribution in [3.05, 3.63) is 76.6 Å². The lowest BCUT2D eigenvalue weighted by Crippen LogP contribution is -2.33. The summed E-state index contributed by atoms with van der Waals surface area (Å²) in [5.41, 5.74) is 9.02. The number of nitrogens with zero attached hydrogens (tertiary/aromatic N) is 3. The minimum atomic E-state index is -0.772. The van der Waals surface area contributed by atoms with Gasteiger partial charge in [0.15, 0.2) is 0 Å². The van der Waals surface area contributed by atoms with Crippen molar-refractivity contribution >= 4 is 5.97 Å². The Labute approximate surface area is 164 Å². The Morgan fingerprint density at radius 1 is 1.04 bits per heavy atom. The molecule has 1 aliphatic heterocycles. The molecule has 0 unspecified atom stereocenters. The van der Waals surface area contributed by atoms with Gasteiger partial charge in [0, 0.05) is 26.1 Å². The molecule has 0 spiro atoms. The maximum Gasteiger partial charge on any atom is 0.303 e. The highest BCUT2D eigenvalue weighted by atomic mass is 16.4.